The third kappa shape index (κ3) is 5.32. The van der Waals surface area contributed by atoms with Crippen molar-refractivity contribution in [3.63, 3.8) is 0 Å². The Morgan fingerprint density at radius 3 is 2.34 bits per heavy atom. The lowest BCUT2D eigenvalue weighted by Crippen LogP contribution is -2.26. The average Bonchev–Trinajstić information content (AvgIpc) is 2.71. The molecule has 0 unspecified atom stereocenters. The minimum Gasteiger partial charge on any atom is -0.348 e. The van der Waals surface area contributed by atoms with Gasteiger partial charge in [0.15, 0.2) is 0 Å². The molecule has 4 nitrogen and oxygen atoms in total. The SMILES string of the molecule is CC(C)=CC(=O)NCc1ccc(C(=O)N[C@H](C)c2cccc3ccccc23)cc1. The fraction of sp³-hybridized carbons (Fsp3) is 0.200. The van der Waals surface area contributed by atoms with Gasteiger partial charge < -0.3 is 10.6 Å². The fourth-order valence-electron chi connectivity index (χ4n) is 3.26. The number of hydrogen-bond donors (Lipinski definition) is 2. The van der Waals surface area contributed by atoms with Crippen LogP contribution < -0.4 is 10.6 Å². The van der Waals surface area contributed by atoms with Gasteiger partial charge in [-0.25, -0.2) is 0 Å². The Morgan fingerprint density at radius 2 is 1.62 bits per heavy atom. The highest BCUT2D eigenvalue weighted by Gasteiger charge is 2.13. The zero-order valence-corrected chi connectivity index (χ0v) is 17.0. The number of rotatable bonds is 6. The maximum atomic E-state index is 12.7. The third-order valence-electron chi connectivity index (χ3n) is 4.74. The summed E-state index contributed by atoms with van der Waals surface area (Å²) in [7, 11) is 0. The van der Waals surface area contributed by atoms with E-state index in [-0.39, 0.29) is 17.9 Å². The lowest BCUT2D eigenvalue weighted by atomic mass is 9.99. The molecular formula is C25H26N2O2. The van der Waals surface area contributed by atoms with E-state index in [1.165, 1.54) is 0 Å². The fourth-order valence-corrected chi connectivity index (χ4v) is 3.26. The van der Waals surface area contributed by atoms with Crippen molar-refractivity contribution >= 4 is 22.6 Å². The van der Waals surface area contributed by atoms with E-state index in [9.17, 15) is 9.59 Å². The molecule has 29 heavy (non-hydrogen) atoms. The highest BCUT2D eigenvalue weighted by molar-refractivity contribution is 5.95. The van der Waals surface area contributed by atoms with Crippen molar-refractivity contribution in [3.8, 4) is 0 Å². The lowest BCUT2D eigenvalue weighted by Gasteiger charge is -2.17. The van der Waals surface area contributed by atoms with Gasteiger partial charge >= 0.3 is 0 Å². The van der Waals surface area contributed by atoms with Crippen LogP contribution in [0, 0.1) is 0 Å². The zero-order chi connectivity index (χ0) is 20.8. The number of benzene rings is 3. The minimum absolute atomic E-state index is 0.114. The Kier molecular flexibility index (Phi) is 6.45. The average molecular weight is 386 g/mol. The van der Waals surface area contributed by atoms with Crippen LogP contribution in [0.3, 0.4) is 0 Å². The van der Waals surface area contributed by atoms with Crippen LogP contribution in [-0.2, 0) is 11.3 Å². The maximum absolute atomic E-state index is 12.7. The Morgan fingerprint density at radius 1 is 0.931 bits per heavy atom. The molecule has 0 saturated heterocycles. The predicted molar refractivity (Wildman–Crippen MR) is 118 cm³/mol. The van der Waals surface area contributed by atoms with Crippen molar-refractivity contribution in [1.82, 2.24) is 10.6 Å². The smallest absolute Gasteiger partial charge is 0.251 e. The molecule has 4 heteroatoms. The summed E-state index contributed by atoms with van der Waals surface area (Å²) in [6, 6.07) is 21.5. The first-order chi connectivity index (χ1) is 13.9. The van der Waals surface area contributed by atoms with Crippen LogP contribution >= 0.6 is 0 Å². The molecule has 0 spiro atoms. The van der Waals surface area contributed by atoms with Crippen LogP contribution in [0.2, 0.25) is 0 Å². The number of fused-ring (bicyclic) bond motifs is 1. The molecule has 3 rings (SSSR count). The standard InChI is InChI=1S/C25H26N2O2/c1-17(2)15-24(28)26-16-19-11-13-21(14-12-19)25(29)27-18(3)22-10-6-8-20-7-4-5-9-23(20)22/h4-15,18H,16H2,1-3H3,(H,26,28)(H,27,29)/t18-/m1/s1. The number of hydrogen-bond acceptors (Lipinski definition) is 2. The molecular weight excluding hydrogens is 360 g/mol. The summed E-state index contributed by atoms with van der Waals surface area (Å²) in [6.45, 7) is 6.18. The third-order valence-corrected chi connectivity index (χ3v) is 4.74. The molecule has 2 N–H and O–H groups in total. The van der Waals surface area contributed by atoms with Crippen LogP contribution in [0.4, 0.5) is 0 Å². The summed E-state index contributed by atoms with van der Waals surface area (Å²) in [5.41, 5.74) is 3.58. The molecule has 148 valence electrons. The van der Waals surface area contributed by atoms with E-state index < -0.39 is 0 Å². The monoisotopic (exact) mass is 386 g/mol. The Bertz CT molecular complexity index is 1040. The van der Waals surface area contributed by atoms with Crippen LogP contribution in [0.5, 0.6) is 0 Å². The van der Waals surface area contributed by atoms with Crippen molar-refractivity contribution in [2.45, 2.75) is 33.4 Å². The summed E-state index contributed by atoms with van der Waals surface area (Å²) in [5, 5.41) is 8.22. The first-order valence-corrected chi connectivity index (χ1v) is 9.74. The number of nitrogens with one attached hydrogen (secondary N) is 2. The number of amides is 2. The summed E-state index contributed by atoms with van der Waals surface area (Å²) >= 11 is 0. The molecule has 0 aromatic heterocycles. The summed E-state index contributed by atoms with van der Waals surface area (Å²) in [6.07, 6.45) is 1.57. The zero-order valence-electron chi connectivity index (χ0n) is 17.0. The molecule has 0 bridgehead atoms. The van der Waals surface area contributed by atoms with Crippen LogP contribution in [0.1, 0.15) is 48.3 Å². The minimum atomic E-state index is -0.120. The van der Waals surface area contributed by atoms with Crippen molar-refractivity contribution in [2.24, 2.45) is 0 Å². The largest absolute Gasteiger partial charge is 0.348 e. The van der Waals surface area contributed by atoms with Gasteiger partial charge in [-0.1, -0.05) is 60.2 Å². The normalized spacial score (nSPS) is 11.6. The van der Waals surface area contributed by atoms with Crippen molar-refractivity contribution in [2.75, 3.05) is 0 Å². The maximum Gasteiger partial charge on any atom is 0.251 e. The predicted octanol–water partition coefficient (Wildman–Crippen LogP) is 4.91. The molecule has 0 aliphatic carbocycles. The second-order valence-corrected chi connectivity index (χ2v) is 7.40. The van der Waals surface area contributed by atoms with Gasteiger partial charge in [0.1, 0.15) is 0 Å². The molecule has 3 aromatic rings. The highest BCUT2D eigenvalue weighted by Crippen LogP contribution is 2.24. The molecule has 2 amide bonds. The van der Waals surface area contributed by atoms with Gasteiger partial charge in [0.25, 0.3) is 5.91 Å². The number of carbonyl (C=O) groups is 2. The number of carbonyl (C=O) groups excluding carboxylic acids is 2. The molecule has 0 aliphatic heterocycles. The van der Waals surface area contributed by atoms with Crippen molar-refractivity contribution in [3.05, 3.63) is 95.1 Å². The van der Waals surface area contributed by atoms with Gasteiger partial charge in [-0.15, -0.1) is 0 Å². The molecule has 3 aromatic carbocycles. The summed E-state index contributed by atoms with van der Waals surface area (Å²) < 4.78 is 0. The van der Waals surface area contributed by atoms with E-state index in [1.807, 2.05) is 57.2 Å². The van der Waals surface area contributed by atoms with Crippen LogP contribution in [0.15, 0.2) is 78.4 Å². The van der Waals surface area contributed by atoms with Gasteiger partial charge in [0.2, 0.25) is 5.91 Å². The van der Waals surface area contributed by atoms with Crippen LogP contribution in [0.25, 0.3) is 10.8 Å². The Balaban J connectivity index is 1.64. The van der Waals surface area contributed by atoms with E-state index in [1.54, 1.807) is 18.2 Å². The van der Waals surface area contributed by atoms with Gasteiger partial charge in [-0.3, -0.25) is 9.59 Å². The van der Waals surface area contributed by atoms with Crippen molar-refractivity contribution in [1.29, 1.82) is 0 Å². The van der Waals surface area contributed by atoms with E-state index in [0.717, 1.165) is 27.5 Å². The number of allylic oxidation sites excluding steroid dienone is 1. The first kappa shape index (κ1) is 20.3. The Labute approximate surface area is 171 Å². The molecule has 0 fully saturated rings. The first-order valence-electron chi connectivity index (χ1n) is 9.74. The van der Waals surface area contributed by atoms with Crippen molar-refractivity contribution < 1.29 is 9.59 Å². The van der Waals surface area contributed by atoms with Gasteiger partial charge in [-0.05, 0) is 54.8 Å². The topological polar surface area (TPSA) is 58.2 Å². The molecule has 0 heterocycles. The van der Waals surface area contributed by atoms with Gasteiger partial charge in [0, 0.05) is 18.2 Å². The second kappa shape index (κ2) is 9.20. The molecule has 0 radical (unpaired) electrons. The molecule has 1 atom stereocenters. The highest BCUT2D eigenvalue weighted by atomic mass is 16.2. The molecule has 0 aliphatic rings. The lowest BCUT2D eigenvalue weighted by molar-refractivity contribution is -0.116. The molecule has 0 saturated carbocycles. The Hall–Kier alpha value is -3.40. The summed E-state index contributed by atoms with van der Waals surface area (Å²) in [5.74, 6) is -0.235. The van der Waals surface area contributed by atoms with Gasteiger partial charge in [-0.2, -0.15) is 0 Å². The van der Waals surface area contributed by atoms with E-state index in [4.69, 9.17) is 0 Å². The summed E-state index contributed by atoms with van der Waals surface area (Å²) in [4.78, 5) is 24.4. The van der Waals surface area contributed by atoms with E-state index in [0.29, 0.717) is 12.1 Å². The quantitative estimate of drug-likeness (QED) is 0.591. The second-order valence-electron chi connectivity index (χ2n) is 7.40. The van der Waals surface area contributed by atoms with E-state index >= 15 is 0 Å². The van der Waals surface area contributed by atoms with E-state index in [2.05, 4.69) is 28.8 Å². The van der Waals surface area contributed by atoms with Crippen LogP contribution in [-0.4, -0.2) is 11.8 Å². The van der Waals surface area contributed by atoms with Gasteiger partial charge in [0.05, 0.1) is 6.04 Å².